The van der Waals surface area contributed by atoms with Crippen LogP contribution >= 0.6 is 11.3 Å². The lowest BCUT2D eigenvalue weighted by Gasteiger charge is -2.18. The second-order valence-electron chi connectivity index (χ2n) is 5.84. The third kappa shape index (κ3) is 4.20. The molecule has 1 aromatic heterocycles. The van der Waals surface area contributed by atoms with Crippen LogP contribution in [0.3, 0.4) is 0 Å². The van der Waals surface area contributed by atoms with Crippen molar-refractivity contribution in [2.45, 2.75) is 26.2 Å². The highest BCUT2D eigenvalue weighted by Gasteiger charge is 2.13. The standard InChI is InChI=1S/C20H22N2S/c1-15-16(2)23-20(22-15)21-14-19(18-11-7-4-8-12-18)13-17-9-5-3-6-10-17/h3-12,19H,13-14H2,1-2H3,(H,21,22). The van der Waals surface area contributed by atoms with Crippen LogP contribution in [-0.2, 0) is 6.42 Å². The molecule has 1 heterocycles. The molecule has 0 spiro atoms. The SMILES string of the molecule is Cc1nc(NCC(Cc2ccccc2)c2ccccc2)sc1C. The smallest absolute Gasteiger partial charge is 0.183 e. The fraction of sp³-hybridized carbons (Fsp3) is 0.250. The molecule has 0 bridgehead atoms. The summed E-state index contributed by atoms with van der Waals surface area (Å²) >= 11 is 1.74. The van der Waals surface area contributed by atoms with Crippen molar-refractivity contribution in [3.05, 3.63) is 82.4 Å². The van der Waals surface area contributed by atoms with E-state index in [0.29, 0.717) is 5.92 Å². The predicted molar refractivity (Wildman–Crippen MR) is 99.4 cm³/mol. The third-order valence-corrected chi connectivity index (χ3v) is 5.15. The molecule has 0 radical (unpaired) electrons. The van der Waals surface area contributed by atoms with Gasteiger partial charge in [-0.2, -0.15) is 0 Å². The Morgan fingerprint density at radius 2 is 1.61 bits per heavy atom. The van der Waals surface area contributed by atoms with Crippen molar-refractivity contribution in [1.29, 1.82) is 0 Å². The summed E-state index contributed by atoms with van der Waals surface area (Å²) < 4.78 is 0. The number of aryl methyl sites for hydroxylation is 2. The number of hydrogen-bond donors (Lipinski definition) is 1. The van der Waals surface area contributed by atoms with Crippen molar-refractivity contribution < 1.29 is 0 Å². The summed E-state index contributed by atoms with van der Waals surface area (Å²) in [5, 5.41) is 4.55. The number of hydrogen-bond acceptors (Lipinski definition) is 3. The average molecular weight is 322 g/mol. The highest BCUT2D eigenvalue weighted by Crippen LogP contribution is 2.25. The normalized spacial score (nSPS) is 12.1. The van der Waals surface area contributed by atoms with Crippen LogP contribution in [0.1, 0.15) is 27.6 Å². The zero-order valence-corrected chi connectivity index (χ0v) is 14.4. The van der Waals surface area contributed by atoms with Crippen LogP contribution in [0, 0.1) is 13.8 Å². The number of benzene rings is 2. The Balaban J connectivity index is 1.75. The van der Waals surface area contributed by atoms with E-state index in [1.165, 1.54) is 16.0 Å². The number of nitrogens with one attached hydrogen (secondary N) is 1. The molecule has 0 aliphatic carbocycles. The van der Waals surface area contributed by atoms with Gasteiger partial charge in [0.05, 0.1) is 5.69 Å². The molecule has 0 saturated heterocycles. The minimum absolute atomic E-state index is 0.433. The molecule has 1 atom stereocenters. The Kier molecular flexibility index (Phi) is 5.09. The maximum Gasteiger partial charge on any atom is 0.183 e. The summed E-state index contributed by atoms with van der Waals surface area (Å²) in [6.45, 7) is 5.08. The third-order valence-electron chi connectivity index (χ3n) is 4.12. The first-order chi connectivity index (χ1) is 11.2. The summed E-state index contributed by atoms with van der Waals surface area (Å²) in [7, 11) is 0. The molecule has 0 aliphatic rings. The minimum Gasteiger partial charge on any atom is -0.361 e. The molecule has 2 aromatic carbocycles. The topological polar surface area (TPSA) is 24.9 Å². The van der Waals surface area contributed by atoms with Crippen LogP contribution in [-0.4, -0.2) is 11.5 Å². The molecular weight excluding hydrogens is 300 g/mol. The molecule has 0 amide bonds. The van der Waals surface area contributed by atoms with Crippen LogP contribution in [0.4, 0.5) is 5.13 Å². The Labute approximate surface area is 142 Å². The van der Waals surface area contributed by atoms with Crippen molar-refractivity contribution in [2.24, 2.45) is 0 Å². The Hall–Kier alpha value is -2.13. The summed E-state index contributed by atoms with van der Waals surface area (Å²) in [5.74, 6) is 0.433. The monoisotopic (exact) mass is 322 g/mol. The van der Waals surface area contributed by atoms with Gasteiger partial charge in [-0.25, -0.2) is 4.98 Å². The van der Waals surface area contributed by atoms with Crippen molar-refractivity contribution in [2.75, 3.05) is 11.9 Å². The molecule has 0 aliphatic heterocycles. The molecular formula is C20H22N2S. The molecule has 3 aromatic rings. The van der Waals surface area contributed by atoms with Gasteiger partial charge in [-0.3, -0.25) is 0 Å². The van der Waals surface area contributed by atoms with E-state index in [-0.39, 0.29) is 0 Å². The fourth-order valence-corrected chi connectivity index (χ4v) is 3.51. The second kappa shape index (κ2) is 7.42. The van der Waals surface area contributed by atoms with Crippen molar-refractivity contribution in [3.63, 3.8) is 0 Å². The van der Waals surface area contributed by atoms with Gasteiger partial charge in [-0.1, -0.05) is 60.7 Å². The summed E-state index contributed by atoms with van der Waals surface area (Å²) in [6, 6.07) is 21.4. The summed E-state index contributed by atoms with van der Waals surface area (Å²) in [6.07, 6.45) is 1.03. The van der Waals surface area contributed by atoms with E-state index in [1.54, 1.807) is 11.3 Å². The van der Waals surface area contributed by atoms with Gasteiger partial charge in [0.25, 0.3) is 0 Å². The predicted octanol–water partition coefficient (Wildman–Crippen LogP) is 5.20. The van der Waals surface area contributed by atoms with E-state index in [2.05, 4.69) is 84.8 Å². The first kappa shape index (κ1) is 15.8. The van der Waals surface area contributed by atoms with E-state index in [1.807, 2.05) is 0 Å². The Morgan fingerprint density at radius 3 is 2.22 bits per heavy atom. The van der Waals surface area contributed by atoms with Crippen molar-refractivity contribution in [3.8, 4) is 0 Å². The van der Waals surface area contributed by atoms with E-state index >= 15 is 0 Å². The number of anilines is 1. The van der Waals surface area contributed by atoms with Crippen LogP contribution < -0.4 is 5.32 Å². The van der Waals surface area contributed by atoms with Crippen LogP contribution in [0.2, 0.25) is 0 Å². The van der Waals surface area contributed by atoms with E-state index in [9.17, 15) is 0 Å². The second-order valence-corrected chi connectivity index (χ2v) is 7.04. The van der Waals surface area contributed by atoms with E-state index < -0.39 is 0 Å². The number of nitrogens with zero attached hydrogens (tertiary/aromatic N) is 1. The van der Waals surface area contributed by atoms with E-state index in [4.69, 9.17) is 0 Å². The molecule has 1 unspecified atom stereocenters. The highest BCUT2D eigenvalue weighted by atomic mass is 32.1. The zero-order chi connectivity index (χ0) is 16.1. The summed E-state index contributed by atoms with van der Waals surface area (Å²) in [4.78, 5) is 5.87. The van der Waals surface area contributed by atoms with Crippen molar-refractivity contribution in [1.82, 2.24) is 4.98 Å². The minimum atomic E-state index is 0.433. The maximum absolute atomic E-state index is 4.59. The quantitative estimate of drug-likeness (QED) is 0.675. The number of rotatable bonds is 6. The van der Waals surface area contributed by atoms with Gasteiger partial charge in [0.2, 0.25) is 0 Å². The Bertz CT molecular complexity index is 715. The van der Waals surface area contributed by atoms with Gasteiger partial charge >= 0.3 is 0 Å². The molecule has 2 nitrogen and oxygen atoms in total. The fourth-order valence-electron chi connectivity index (χ4n) is 2.69. The van der Waals surface area contributed by atoms with Gasteiger partial charge in [0.1, 0.15) is 0 Å². The molecule has 3 rings (SSSR count). The van der Waals surface area contributed by atoms with E-state index in [0.717, 1.165) is 23.8 Å². The molecule has 3 heteroatoms. The highest BCUT2D eigenvalue weighted by molar-refractivity contribution is 7.15. The van der Waals surface area contributed by atoms with Gasteiger partial charge in [-0.15, -0.1) is 11.3 Å². The lowest BCUT2D eigenvalue weighted by atomic mass is 9.92. The lowest BCUT2D eigenvalue weighted by Crippen LogP contribution is -2.15. The maximum atomic E-state index is 4.59. The van der Waals surface area contributed by atoms with Gasteiger partial charge in [0, 0.05) is 17.3 Å². The summed E-state index contributed by atoms with van der Waals surface area (Å²) in [5.41, 5.74) is 3.86. The van der Waals surface area contributed by atoms with Crippen LogP contribution in [0.25, 0.3) is 0 Å². The van der Waals surface area contributed by atoms with Gasteiger partial charge < -0.3 is 5.32 Å². The van der Waals surface area contributed by atoms with Crippen LogP contribution in [0.15, 0.2) is 60.7 Å². The largest absolute Gasteiger partial charge is 0.361 e. The first-order valence-corrected chi connectivity index (χ1v) is 8.81. The Morgan fingerprint density at radius 1 is 0.957 bits per heavy atom. The van der Waals surface area contributed by atoms with Gasteiger partial charge in [-0.05, 0) is 31.4 Å². The van der Waals surface area contributed by atoms with Gasteiger partial charge in [0.15, 0.2) is 5.13 Å². The average Bonchev–Trinajstić information content (AvgIpc) is 2.91. The first-order valence-electron chi connectivity index (χ1n) is 7.99. The molecule has 118 valence electrons. The molecule has 0 fully saturated rings. The zero-order valence-electron chi connectivity index (χ0n) is 13.6. The number of aromatic nitrogens is 1. The van der Waals surface area contributed by atoms with Crippen molar-refractivity contribution >= 4 is 16.5 Å². The lowest BCUT2D eigenvalue weighted by molar-refractivity contribution is 0.716. The molecule has 23 heavy (non-hydrogen) atoms. The number of thiazole rings is 1. The molecule has 1 N–H and O–H groups in total. The molecule has 0 saturated carbocycles. The van der Waals surface area contributed by atoms with Crippen LogP contribution in [0.5, 0.6) is 0 Å².